The highest BCUT2D eigenvalue weighted by Crippen LogP contribution is 2.13. The van der Waals surface area contributed by atoms with Crippen LogP contribution in [-0.2, 0) is 22.3 Å². The quantitative estimate of drug-likeness (QED) is 0.339. The van der Waals surface area contributed by atoms with Crippen molar-refractivity contribution in [2.45, 2.75) is 38.1 Å². The van der Waals surface area contributed by atoms with Crippen LogP contribution in [0.25, 0.3) is 0 Å². The summed E-state index contributed by atoms with van der Waals surface area (Å²) in [6.45, 7) is 4.75. The molecule has 0 aromatic heterocycles. The number of rotatable bonds is 10. The summed E-state index contributed by atoms with van der Waals surface area (Å²) >= 11 is 0. The SMILES string of the molecule is CN=C(NCc1ccc(CS(=O)(=O)NC(C)C)cc1)NCC(CO)c1ccccc1. The van der Waals surface area contributed by atoms with Crippen LogP contribution in [0.2, 0.25) is 0 Å². The molecule has 0 aliphatic carbocycles. The van der Waals surface area contributed by atoms with Gasteiger partial charge in [0.15, 0.2) is 5.96 Å². The van der Waals surface area contributed by atoms with Crippen LogP contribution in [0, 0.1) is 0 Å². The van der Waals surface area contributed by atoms with Gasteiger partial charge in [-0.2, -0.15) is 0 Å². The van der Waals surface area contributed by atoms with E-state index in [1.807, 2.05) is 54.6 Å². The van der Waals surface area contributed by atoms with E-state index < -0.39 is 10.0 Å². The average molecular weight is 433 g/mol. The first-order chi connectivity index (χ1) is 14.3. The third-order valence-corrected chi connectivity index (χ3v) is 6.03. The van der Waals surface area contributed by atoms with Crippen molar-refractivity contribution in [1.29, 1.82) is 0 Å². The van der Waals surface area contributed by atoms with E-state index in [2.05, 4.69) is 20.3 Å². The summed E-state index contributed by atoms with van der Waals surface area (Å²) < 4.78 is 26.7. The van der Waals surface area contributed by atoms with E-state index in [0.717, 1.165) is 16.7 Å². The zero-order chi connectivity index (χ0) is 22.0. The van der Waals surface area contributed by atoms with Crippen LogP contribution >= 0.6 is 0 Å². The Kier molecular flexibility index (Phi) is 9.29. The number of aliphatic hydroxyl groups is 1. The van der Waals surface area contributed by atoms with Crippen molar-refractivity contribution in [3.63, 3.8) is 0 Å². The van der Waals surface area contributed by atoms with Gasteiger partial charge < -0.3 is 15.7 Å². The maximum Gasteiger partial charge on any atom is 0.216 e. The Balaban J connectivity index is 1.86. The third kappa shape index (κ3) is 8.14. The van der Waals surface area contributed by atoms with E-state index in [1.54, 1.807) is 20.9 Å². The molecule has 7 nitrogen and oxygen atoms in total. The lowest BCUT2D eigenvalue weighted by molar-refractivity contribution is 0.265. The lowest BCUT2D eigenvalue weighted by atomic mass is 10.0. The van der Waals surface area contributed by atoms with Crippen LogP contribution < -0.4 is 15.4 Å². The molecule has 0 radical (unpaired) electrons. The van der Waals surface area contributed by atoms with Crippen molar-refractivity contribution in [2.24, 2.45) is 4.99 Å². The van der Waals surface area contributed by atoms with Crippen molar-refractivity contribution in [3.05, 3.63) is 71.3 Å². The molecule has 0 aliphatic rings. The maximum absolute atomic E-state index is 12.0. The number of guanidine groups is 1. The Bertz CT molecular complexity index is 898. The molecule has 0 bridgehead atoms. The highest BCUT2D eigenvalue weighted by atomic mass is 32.2. The van der Waals surface area contributed by atoms with Gasteiger partial charge in [-0.25, -0.2) is 13.1 Å². The molecule has 4 N–H and O–H groups in total. The van der Waals surface area contributed by atoms with E-state index in [0.29, 0.717) is 19.0 Å². The Morgan fingerprint density at radius 3 is 2.20 bits per heavy atom. The summed E-state index contributed by atoms with van der Waals surface area (Å²) in [4.78, 5) is 4.22. The topological polar surface area (TPSA) is 103 Å². The Hall–Kier alpha value is -2.42. The summed E-state index contributed by atoms with van der Waals surface area (Å²) in [5.41, 5.74) is 2.82. The van der Waals surface area contributed by atoms with Gasteiger partial charge in [0.1, 0.15) is 0 Å². The number of hydrogen-bond donors (Lipinski definition) is 4. The molecule has 8 heteroatoms. The summed E-state index contributed by atoms with van der Waals surface area (Å²) in [6.07, 6.45) is 0. The largest absolute Gasteiger partial charge is 0.396 e. The highest BCUT2D eigenvalue weighted by Gasteiger charge is 2.13. The predicted octanol–water partition coefficient (Wildman–Crippen LogP) is 1.96. The van der Waals surface area contributed by atoms with Crippen LogP contribution in [0.15, 0.2) is 59.6 Å². The third-order valence-electron chi connectivity index (χ3n) is 4.49. The fourth-order valence-corrected chi connectivity index (χ4v) is 4.45. The van der Waals surface area contributed by atoms with Crippen LogP contribution in [0.1, 0.15) is 36.5 Å². The molecule has 0 spiro atoms. The zero-order valence-electron chi connectivity index (χ0n) is 17.8. The van der Waals surface area contributed by atoms with Crippen molar-refractivity contribution >= 4 is 16.0 Å². The Morgan fingerprint density at radius 2 is 1.63 bits per heavy atom. The molecule has 30 heavy (non-hydrogen) atoms. The van der Waals surface area contributed by atoms with Gasteiger partial charge in [0, 0.05) is 32.1 Å². The summed E-state index contributed by atoms with van der Waals surface area (Å²) in [5, 5.41) is 16.2. The first-order valence-corrected chi connectivity index (χ1v) is 11.7. The van der Waals surface area contributed by atoms with Gasteiger partial charge >= 0.3 is 0 Å². The minimum Gasteiger partial charge on any atom is -0.396 e. The Labute approximate surface area is 179 Å². The molecular formula is C22H32N4O3S. The number of aliphatic hydroxyl groups excluding tert-OH is 1. The van der Waals surface area contributed by atoms with Gasteiger partial charge in [0.25, 0.3) is 0 Å². The van der Waals surface area contributed by atoms with E-state index in [1.165, 1.54) is 0 Å². The molecule has 0 saturated carbocycles. The van der Waals surface area contributed by atoms with Crippen molar-refractivity contribution in [1.82, 2.24) is 15.4 Å². The molecule has 2 aromatic rings. The highest BCUT2D eigenvalue weighted by molar-refractivity contribution is 7.88. The van der Waals surface area contributed by atoms with Crippen molar-refractivity contribution in [2.75, 3.05) is 20.2 Å². The van der Waals surface area contributed by atoms with Crippen molar-refractivity contribution in [3.8, 4) is 0 Å². The van der Waals surface area contributed by atoms with Crippen LogP contribution in [0.3, 0.4) is 0 Å². The second-order valence-electron chi connectivity index (χ2n) is 7.44. The molecule has 0 heterocycles. The molecule has 0 fully saturated rings. The van der Waals surface area contributed by atoms with Gasteiger partial charge in [-0.3, -0.25) is 4.99 Å². The molecule has 2 rings (SSSR count). The summed E-state index contributed by atoms with van der Waals surface area (Å²) in [5.74, 6) is 0.576. The fourth-order valence-electron chi connectivity index (χ4n) is 3.01. The second-order valence-corrected chi connectivity index (χ2v) is 9.20. The molecule has 0 aliphatic heterocycles. The Morgan fingerprint density at radius 1 is 1.00 bits per heavy atom. The number of sulfonamides is 1. The monoisotopic (exact) mass is 432 g/mol. The molecule has 1 unspecified atom stereocenters. The normalized spacial score (nSPS) is 13.3. The van der Waals surface area contributed by atoms with Gasteiger partial charge in [-0.05, 0) is 30.5 Å². The first-order valence-electron chi connectivity index (χ1n) is 10.0. The van der Waals surface area contributed by atoms with Crippen LogP contribution in [-0.4, -0.2) is 45.7 Å². The fraction of sp³-hybridized carbons (Fsp3) is 0.409. The van der Waals surface area contributed by atoms with Gasteiger partial charge in [-0.15, -0.1) is 0 Å². The smallest absolute Gasteiger partial charge is 0.216 e. The van der Waals surface area contributed by atoms with E-state index >= 15 is 0 Å². The van der Waals surface area contributed by atoms with E-state index in [4.69, 9.17) is 0 Å². The average Bonchev–Trinajstić information content (AvgIpc) is 2.71. The lowest BCUT2D eigenvalue weighted by Crippen LogP contribution is -2.39. The standard InChI is InChI=1S/C22H32N4O3S/c1-17(2)26-30(28,29)16-19-11-9-18(10-12-19)13-24-22(23-3)25-14-21(15-27)20-7-5-4-6-8-20/h4-12,17,21,26-27H,13-16H2,1-3H3,(H2,23,24,25). The van der Waals surface area contributed by atoms with E-state index in [9.17, 15) is 13.5 Å². The minimum absolute atomic E-state index is 0.0227. The maximum atomic E-state index is 12.0. The molecule has 1 atom stereocenters. The number of nitrogens with one attached hydrogen (secondary N) is 3. The second kappa shape index (κ2) is 11.7. The van der Waals surface area contributed by atoms with Gasteiger partial charge in [0.2, 0.25) is 10.0 Å². The number of aliphatic imine (C=N–C) groups is 1. The van der Waals surface area contributed by atoms with Crippen LogP contribution in [0.4, 0.5) is 0 Å². The van der Waals surface area contributed by atoms with Gasteiger partial charge in [0.05, 0.1) is 12.4 Å². The lowest BCUT2D eigenvalue weighted by Gasteiger charge is -2.18. The molecule has 0 saturated heterocycles. The number of benzene rings is 2. The molecular weight excluding hydrogens is 400 g/mol. The van der Waals surface area contributed by atoms with Crippen molar-refractivity contribution < 1.29 is 13.5 Å². The molecule has 2 aromatic carbocycles. The van der Waals surface area contributed by atoms with Gasteiger partial charge in [-0.1, -0.05) is 54.6 Å². The minimum atomic E-state index is -3.33. The molecule has 164 valence electrons. The first kappa shape index (κ1) is 23.9. The predicted molar refractivity (Wildman–Crippen MR) is 122 cm³/mol. The molecule has 0 amide bonds. The zero-order valence-corrected chi connectivity index (χ0v) is 18.6. The summed E-state index contributed by atoms with van der Waals surface area (Å²) in [6, 6.07) is 17.2. The van der Waals surface area contributed by atoms with Crippen LogP contribution in [0.5, 0.6) is 0 Å². The van der Waals surface area contributed by atoms with E-state index in [-0.39, 0.29) is 24.3 Å². The number of hydrogen-bond acceptors (Lipinski definition) is 4. The number of nitrogens with zero attached hydrogens (tertiary/aromatic N) is 1. The summed E-state index contributed by atoms with van der Waals surface area (Å²) in [7, 11) is -1.64.